The van der Waals surface area contributed by atoms with Crippen LogP contribution < -0.4 is 4.90 Å². The van der Waals surface area contributed by atoms with Crippen LogP contribution in [0.1, 0.15) is 12.8 Å². The first-order valence-corrected chi connectivity index (χ1v) is 7.04. The fraction of sp³-hybridized carbons (Fsp3) is 0.214. The molecule has 7 heteroatoms. The highest BCUT2D eigenvalue weighted by Gasteiger charge is 2.31. The van der Waals surface area contributed by atoms with Crippen LogP contribution in [-0.2, 0) is 4.79 Å². The summed E-state index contributed by atoms with van der Waals surface area (Å²) >= 11 is 11.8. The standard InChI is InChI=1S/C14H11Cl2NO4/c15-8-4-7(5-9(16)6-8)13-11(19)12(20)14(21-13)17-3-1-2-10(17)18/h4-6,19-20H,1-3H2. The number of hydrogen-bond donors (Lipinski definition) is 2. The molecule has 0 saturated carbocycles. The van der Waals surface area contributed by atoms with Crippen LogP contribution in [0, 0.1) is 0 Å². The third-order valence-corrected chi connectivity index (χ3v) is 3.72. The molecule has 0 aliphatic carbocycles. The molecule has 1 fully saturated rings. The van der Waals surface area contributed by atoms with Crippen molar-refractivity contribution >= 4 is 35.0 Å². The van der Waals surface area contributed by atoms with Crippen LogP contribution in [-0.4, -0.2) is 22.7 Å². The molecule has 1 aliphatic rings. The van der Waals surface area contributed by atoms with E-state index in [-0.39, 0.29) is 17.6 Å². The van der Waals surface area contributed by atoms with Gasteiger partial charge in [0.15, 0.2) is 5.76 Å². The van der Waals surface area contributed by atoms with Crippen molar-refractivity contribution in [3.05, 3.63) is 28.2 Å². The van der Waals surface area contributed by atoms with Gasteiger partial charge in [0.05, 0.1) is 0 Å². The molecule has 2 N–H and O–H groups in total. The molecule has 1 aromatic heterocycles. The average Bonchev–Trinajstić information content (AvgIpc) is 2.94. The highest BCUT2D eigenvalue weighted by Crippen LogP contribution is 2.48. The minimum absolute atomic E-state index is 0.0200. The van der Waals surface area contributed by atoms with E-state index in [1.807, 2.05) is 0 Å². The summed E-state index contributed by atoms with van der Waals surface area (Å²) in [5, 5.41) is 20.8. The molecule has 1 amide bonds. The topological polar surface area (TPSA) is 73.9 Å². The van der Waals surface area contributed by atoms with E-state index in [9.17, 15) is 15.0 Å². The van der Waals surface area contributed by atoms with Gasteiger partial charge in [-0.05, 0) is 24.6 Å². The summed E-state index contributed by atoms with van der Waals surface area (Å²) in [6.07, 6.45) is 1.07. The van der Waals surface area contributed by atoms with Gasteiger partial charge in [0.2, 0.25) is 23.3 Å². The number of rotatable bonds is 2. The molecule has 110 valence electrons. The summed E-state index contributed by atoms with van der Waals surface area (Å²) in [5.41, 5.74) is 0.415. The fourth-order valence-corrected chi connectivity index (χ4v) is 2.85. The van der Waals surface area contributed by atoms with Crippen LogP contribution in [0.4, 0.5) is 5.88 Å². The lowest BCUT2D eigenvalue weighted by molar-refractivity contribution is -0.117. The van der Waals surface area contributed by atoms with Gasteiger partial charge in [-0.2, -0.15) is 0 Å². The average molecular weight is 328 g/mol. The molecule has 1 aliphatic heterocycles. The lowest BCUT2D eigenvalue weighted by Crippen LogP contribution is -2.23. The second kappa shape index (κ2) is 5.16. The zero-order valence-corrected chi connectivity index (χ0v) is 12.3. The predicted octanol–water partition coefficient (Wildman–Crippen LogP) is 3.79. The summed E-state index contributed by atoms with van der Waals surface area (Å²) in [7, 11) is 0. The van der Waals surface area contributed by atoms with Crippen LogP contribution >= 0.6 is 23.2 Å². The first-order valence-electron chi connectivity index (χ1n) is 6.29. The monoisotopic (exact) mass is 327 g/mol. The van der Waals surface area contributed by atoms with Crippen molar-refractivity contribution in [1.82, 2.24) is 0 Å². The third kappa shape index (κ3) is 2.43. The number of hydrogen-bond acceptors (Lipinski definition) is 4. The fourth-order valence-electron chi connectivity index (χ4n) is 2.33. The number of amides is 1. The van der Waals surface area contributed by atoms with E-state index in [4.69, 9.17) is 27.6 Å². The van der Waals surface area contributed by atoms with Gasteiger partial charge in [-0.1, -0.05) is 23.2 Å². The third-order valence-electron chi connectivity index (χ3n) is 3.28. The Morgan fingerprint density at radius 1 is 1.10 bits per heavy atom. The van der Waals surface area contributed by atoms with Gasteiger partial charge in [0.25, 0.3) is 0 Å². The van der Waals surface area contributed by atoms with Crippen molar-refractivity contribution in [1.29, 1.82) is 0 Å². The number of anilines is 1. The lowest BCUT2D eigenvalue weighted by atomic mass is 10.1. The predicted molar refractivity (Wildman–Crippen MR) is 79.1 cm³/mol. The molecule has 2 heterocycles. The largest absolute Gasteiger partial charge is 0.502 e. The SMILES string of the molecule is O=C1CCCN1c1oc(-c2cc(Cl)cc(Cl)c2)c(O)c1O. The lowest BCUT2D eigenvalue weighted by Gasteiger charge is -2.11. The molecule has 1 saturated heterocycles. The maximum Gasteiger partial charge on any atom is 0.249 e. The Bertz CT molecular complexity index is 706. The zero-order chi connectivity index (χ0) is 15.1. The Kier molecular flexibility index (Phi) is 3.47. The molecule has 2 aromatic rings. The van der Waals surface area contributed by atoms with E-state index < -0.39 is 11.5 Å². The Balaban J connectivity index is 2.10. The summed E-state index contributed by atoms with van der Waals surface area (Å²) in [6.45, 7) is 0.440. The van der Waals surface area contributed by atoms with Gasteiger partial charge in [-0.3, -0.25) is 9.69 Å². The number of benzene rings is 1. The van der Waals surface area contributed by atoms with E-state index in [0.717, 1.165) is 0 Å². The summed E-state index contributed by atoms with van der Waals surface area (Å²) in [4.78, 5) is 13.0. The molecular formula is C14H11Cl2NO4. The van der Waals surface area contributed by atoms with Crippen LogP contribution in [0.15, 0.2) is 22.6 Å². The Morgan fingerprint density at radius 3 is 2.33 bits per heavy atom. The molecule has 1 aromatic carbocycles. The number of nitrogens with zero attached hydrogens (tertiary/aromatic N) is 1. The van der Waals surface area contributed by atoms with Gasteiger partial charge >= 0.3 is 0 Å². The molecule has 0 unspecified atom stereocenters. The van der Waals surface area contributed by atoms with E-state index in [1.165, 1.54) is 11.0 Å². The first-order chi connectivity index (χ1) is 9.97. The Morgan fingerprint density at radius 2 is 1.76 bits per heavy atom. The molecule has 0 radical (unpaired) electrons. The van der Waals surface area contributed by atoms with Crippen LogP contribution in [0.5, 0.6) is 11.5 Å². The first kappa shape index (κ1) is 14.1. The Hall–Kier alpha value is -1.85. The van der Waals surface area contributed by atoms with Gasteiger partial charge < -0.3 is 14.6 Å². The van der Waals surface area contributed by atoms with Gasteiger partial charge in [-0.15, -0.1) is 0 Å². The van der Waals surface area contributed by atoms with E-state index in [2.05, 4.69) is 0 Å². The van der Waals surface area contributed by atoms with Crippen molar-refractivity contribution < 1.29 is 19.4 Å². The van der Waals surface area contributed by atoms with Crippen LogP contribution in [0.2, 0.25) is 10.0 Å². The van der Waals surface area contributed by atoms with Crippen LogP contribution in [0.3, 0.4) is 0 Å². The number of aromatic hydroxyl groups is 2. The molecule has 0 atom stereocenters. The van der Waals surface area contributed by atoms with E-state index in [1.54, 1.807) is 12.1 Å². The summed E-state index contributed by atoms with van der Waals surface area (Å²) in [5.74, 6) is -1.10. The number of carbonyl (C=O) groups is 1. The number of halogens is 2. The molecule has 21 heavy (non-hydrogen) atoms. The maximum atomic E-state index is 11.7. The zero-order valence-electron chi connectivity index (χ0n) is 10.8. The smallest absolute Gasteiger partial charge is 0.249 e. The maximum absolute atomic E-state index is 11.7. The summed E-state index contributed by atoms with van der Waals surface area (Å²) in [6, 6.07) is 4.62. The van der Waals surface area contributed by atoms with E-state index in [0.29, 0.717) is 35.0 Å². The molecule has 3 rings (SSSR count). The highest BCUT2D eigenvalue weighted by atomic mass is 35.5. The molecular weight excluding hydrogens is 317 g/mol. The normalized spacial score (nSPS) is 15.0. The number of carbonyl (C=O) groups excluding carboxylic acids is 1. The summed E-state index contributed by atoms with van der Waals surface area (Å²) < 4.78 is 5.48. The quantitative estimate of drug-likeness (QED) is 0.879. The molecule has 0 spiro atoms. The minimum atomic E-state index is -0.462. The van der Waals surface area contributed by atoms with Gasteiger partial charge in [0.1, 0.15) is 0 Å². The second-order valence-corrected chi connectivity index (χ2v) is 5.61. The van der Waals surface area contributed by atoms with Crippen molar-refractivity contribution in [2.24, 2.45) is 0 Å². The minimum Gasteiger partial charge on any atom is -0.502 e. The molecule has 5 nitrogen and oxygen atoms in total. The van der Waals surface area contributed by atoms with Crippen molar-refractivity contribution in [3.8, 4) is 22.8 Å². The van der Waals surface area contributed by atoms with Crippen molar-refractivity contribution in [3.63, 3.8) is 0 Å². The second-order valence-electron chi connectivity index (χ2n) is 4.74. The molecule has 0 bridgehead atoms. The highest BCUT2D eigenvalue weighted by molar-refractivity contribution is 6.35. The van der Waals surface area contributed by atoms with Crippen molar-refractivity contribution in [2.75, 3.05) is 11.4 Å². The van der Waals surface area contributed by atoms with E-state index >= 15 is 0 Å². The Labute approximate surface area is 130 Å². The van der Waals surface area contributed by atoms with Crippen LogP contribution in [0.25, 0.3) is 11.3 Å². The van der Waals surface area contributed by atoms with Crippen molar-refractivity contribution in [2.45, 2.75) is 12.8 Å². The van der Waals surface area contributed by atoms with Gasteiger partial charge in [0, 0.05) is 28.6 Å². The number of furan rings is 1. The van der Waals surface area contributed by atoms with Gasteiger partial charge in [-0.25, -0.2) is 0 Å².